The number of rotatable bonds is 0. The van der Waals surface area contributed by atoms with Crippen LogP contribution >= 0.6 is 0 Å². The van der Waals surface area contributed by atoms with Crippen molar-refractivity contribution in [1.82, 2.24) is 0 Å². The van der Waals surface area contributed by atoms with Crippen LogP contribution in [0, 0.1) is 0 Å². The third-order valence-electron chi connectivity index (χ3n) is 1.80. The van der Waals surface area contributed by atoms with Gasteiger partial charge in [-0.05, 0) is 11.6 Å². The van der Waals surface area contributed by atoms with Gasteiger partial charge < -0.3 is 5.32 Å². The highest BCUT2D eigenvalue weighted by Crippen LogP contribution is 2.28. The molecule has 10 heavy (non-hydrogen) atoms. The van der Waals surface area contributed by atoms with E-state index in [1.54, 1.807) is 0 Å². The summed E-state index contributed by atoms with van der Waals surface area (Å²) < 4.78 is 0. The summed E-state index contributed by atoms with van der Waals surface area (Å²) in [4.78, 5) is 0. The zero-order valence-corrected chi connectivity index (χ0v) is 5.72. The number of fused-ring (bicyclic) bond motifs is 1. The molecular weight excluding hydrogens is 122 g/mol. The average Bonchev–Trinajstić information content (AvgIpc) is 2.34. The highest BCUT2D eigenvalue weighted by molar-refractivity contribution is 5.82. The number of hydrogen-bond donors (Lipinski definition) is 1. The number of nitrogens with one attached hydrogen (secondary N) is 1. The van der Waals surface area contributed by atoms with Crippen molar-refractivity contribution in [3.05, 3.63) is 36.4 Å². The standard InChI is InChI=1S/C9H9N/c1-7-6-10-9-5-3-2-4-8(7)9/h2-5,10H,1,6H2. The zero-order valence-electron chi connectivity index (χ0n) is 5.72. The Hall–Kier alpha value is -1.24. The first-order valence-electron chi connectivity index (χ1n) is 3.39. The number of benzene rings is 1. The summed E-state index contributed by atoms with van der Waals surface area (Å²) >= 11 is 0. The van der Waals surface area contributed by atoms with Crippen molar-refractivity contribution in [2.75, 3.05) is 11.9 Å². The molecule has 0 spiro atoms. The summed E-state index contributed by atoms with van der Waals surface area (Å²) in [6.45, 7) is 4.84. The first-order chi connectivity index (χ1) is 4.88. The van der Waals surface area contributed by atoms with Crippen molar-refractivity contribution in [2.24, 2.45) is 0 Å². The van der Waals surface area contributed by atoms with Crippen molar-refractivity contribution >= 4 is 11.3 Å². The van der Waals surface area contributed by atoms with Gasteiger partial charge in [-0.1, -0.05) is 24.8 Å². The molecule has 2 rings (SSSR count). The fourth-order valence-electron chi connectivity index (χ4n) is 1.24. The molecule has 0 bridgehead atoms. The molecule has 1 heterocycles. The molecule has 0 radical (unpaired) electrons. The highest BCUT2D eigenvalue weighted by atomic mass is 14.9. The average molecular weight is 131 g/mol. The van der Waals surface area contributed by atoms with E-state index in [4.69, 9.17) is 0 Å². The van der Waals surface area contributed by atoms with Gasteiger partial charge in [0.15, 0.2) is 0 Å². The molecular formula is C9H9N. The molecule has 0 unspecified atom stereocenters. The van der Waals surface area contributed by atoms with Crippen LogP contribution in [0.25, 0.3) is 5.57 Å². The van der Waals surface area contributed by atoms with Crippen LogP contribution in [-0.2, 0) is 0 Å². The predicted octanol–water partition coefficient (Wildman–Crippen LogP) is 2.13. The van der Waals surface area contributed by atoms with Crippen molar-refractivity contribution in [2.45, 2.75) is 0 Å². The van der Waals surface area contributed by atoms with Crippen molar-refractivity contribution in [3.8, 4) is 0 Å². The Bertz CT molecular complexity index is 276. The Morgan fingerprint density at radius 2 is 2.10 bits per heavy atom. The van der Waals surface area contributed by atoms with Crippen molar-refractivity contribution in [1.29, 1.82) is 0 Å². The molecule has 0 amide bonds. The second-order valence-corrected chi connectivity index (χ2v) is 2.50. The molecule has 1 aromatic carbocycles. The maximum absolute atomic E-state index is 3.93. The summed E-state index contributed by atoms with van der Waals surface area (Å²) in [5.41, 5.74) is 3.67. The molecule has 0 fully saturated rings. The van der Waals surface area contributed by atoms with Crippen molar-refractivity contribution < 1.29 is 0 Å². The van der Waals surface area contributed by atoms with Gasteiger partial charge in [-0.15, -0.1) is 0 Å². The fourth-order valence-corrected chi connectivity index (χ4v) is 1.24. The summed E-state index contributed by atoms with van der Waals surface area (Å²) in [5, 5.41) is 3.25. The minimum atomic E-state index is 0.902. The predicted molar refractivity (Wildman–Crippen MR) is 44.0 cm³/mol. The first-order valence-corrected chi connectivity index (χ1v) is 3.39. The Morgan fingerprint density at radius 1 is 1.30 bits per heavy atom. The molecule has 1 aliphatic heterocycles. The molecule has 1 aromatic rings. The van der Waals surface area contributed by atoms with E-state index in [9.17, 15) is 0 Å². The van der Waals surface area contributed by atoms with E-state index in [0.717, 1.165) is 6.54 Å². The third kappa shape index (κ3) is 0.637. The Kier molecular flexibility index (Phi) is 1.04. The molecule has 1 nitrogen and oxygen atoms in total. The Morgan fingerprint density at radius 3 is 2.90 bits per heavy atom. The van der Waals surface area contributed by atoms with Crippen LogP contribution in [0.1, 0.15) is 5.56 Å². The summed E-state index contributed by atoms with van der Waals surface area (Å²) in [5.74, 6) is 0. The van der Waals surface area contributed by atoms with Crippen LogP contribution in [0.15, 0.2) is 30.8 Å². The van der Waals surface area contributed by atoms with E-state index in [2.05, 4.69) is 24.0 Å². The molecule has 0 aromatic heterocycles. The van der Waals surface area contributed by atoms with Crippen LogP contribution in [0.4, 0.5) is 5.69 Å². The van der Waals surface area contributed by atoms with Crippen LogP contribution in [0.3, 0.4) is 0 Å². The van der Waals surface area contributed by atoms with Gasteiger partial charge in [-0.25, -0.2) is 0 Å². The second kappa shape index (κ2) is 1.87. The monoisotopic (exact) mass is 131 g/mol. The van der Waals surface area contributed by atoms with E-state index in [1.165, 1.54) is 16.8 Å². The van der Waals surface area contributed by atoms with Crippen molar-refractivity contribution in [3.63, 3.8) is 0 Å². The third-order valence-corrected chi connectivity index (χ3v) is 1.80. The van der Waals surface area contributed by atoms with Crippen LogP contribution < -0.4 is 5.32 Å². The van der Waals surface area contributed by atoms with Crippen LogP contribution in [0.5, 0.6) is 0 Å². The molecule has 0 atom stereocenters. The lowest BCUT2D eigenvalue weighted by Gasteiger charge is -1.94. The molecule has 0 aliphatic carbocycles. The smallest absolute Gasteiger partial charge is 0.0419 e. The number of hydrogen-bond acceptors (Lipinski definition) is 1. The normalized spacial score (nSPS) is 14.6. The topological polar surface area (TPSA) is 12.0 Å². The van der Waals surface area contributed by atoms with Crippen LogP contribution in [0.2, 0.25) is 0 Å². The minimum absolute atomic E-state index is 0.902. The summed E-state index contributed by atoms with van der Waals surface area (Å²) in [6, 6.07) is 8.24. The SMILES string of the molecule is C=C1CNc2ccccc21. The molecule has 0 saturated heterocycles. The highest BCUT2D eigenvalue weighted by Gasteiger charge is 2.10. The van der Waals surface area contributed by atoms with Gasteiger partial charge in [0.1, 0.15) is 0 Å². The van der Waals surface area contributed by atoms with E-state index in [0.29, 0.717) is 0 Å². The van der Waals surface area contributed by atoms with Gasteiger partial charge >= 0.3 is 0 Å². The quantitative estimate of drug-likeness (QED) is 0.568. The first kappa shape index (κ1) is 5.54. The largest absolute Gasteiger partial charge is 0.380 e. The Balaban J connectivity index is 2.61. The lowest BCUT2D eigenvalue weighted by Crippen LogP contribution is -1.89. The van der Waals surface area contributed by atoms with Gasteiger partial charge in [0.2, 0.25) is 0 Å². The molecule has 0 saturated carbocycles. The van der Waals surface area contributed by atoms with E-state index >= 15 is 0 Å². The zero-order chi connectivity index (χ0) is 6.97. The van der Waals surface area contributed by atoms with Gasteiger partial charge in [0, 0.05) is 17.8 Å². The number of anilines is 1. The van der Waals surface area contributed by atoms with E-state index in [-0.39, 0.29) is 0 Å². The van der Waals surface area contributed by atoms with Gasteiger partial charge in [-0.3, -0.25) is 0 Å². The minimum Gasteiger partial charge on any atom is -0.380 e. The summed E-state index contributed by atoms with van der Waals surface area (Å²) in [6.07, 6.45) is 0. The molecule has 1 heteroatoms. The van der Waals surface area contributed by atoms with Gasteiger partial charge in [0.05, 0.1) is 0 Å². The lowest BCUT2D eigenvalue weighted by atomic mass is 10.1. The fraction of sp³-hybridized carbons (Fsp3) is 0.111. The Labute approximate surface area is 60.4 Å². The number of para-hydroxylation sites is 1. The second-order valence-electron chi connectivity index (χ2n) is 2.50. The summed E-state index contributed by atoms with van der Waals surface area (Å²) in [7, 11) is 0. The van der Waals surface area contributed by atoms with Gasteiger partial charge in [-0.2, -0.15) is 0 Å². The van der Waals surface area contributed by atoms with E-state index in [1.807, 2.05) is 12.1 Å². The lowest BCUT2D eigenvalue weighted by molar-refractivity contribution is 1.45. The van der Waals surface area contributed by atoms with E-state index < -0.39 is 0 Å². The molecule has 1 N–H and O–H groups in total. The molecule has 50 valence electrons. The molecule has 1 aliphatic rings. The van der Waals surface area contributed by atoms with Gasteiger partial charge in [0.25, 0.3) is 0 Å². The maximum atomic E-state index is 3.93. The maximum Gasteiger partial charge on any atom is 0.0419 e. The van der Waals surface area contributed by atoms with Crippen LogP contribution in [-0.4, -0.2) is 6.54 Å².